The summed E-state index contributed by atoms with van der Waals surface area (Å²) in [6, 6.07) is 0. The summed E-state index contributed by atoms with van der Waals surface area (Å²) >= 11 is 0. The van der Waals surface area contributed by atoms with Gasteiger partial charge in [0.25, 0.3) is 0 Å². The average molecular weight is 364 g/mol. The van der Waals surface area contributed by atoms with Crippen LogP contribution in [0.25, 0.3) is 0 Å². The maximum absolute atomic E-state index is 12.0. The maximum Gasteiger partial charge on any atom is 0.490 e. The molecule has 2 atom stereocenters. The number of rotatable bonds is 5. The predicted molar refractivity (Wildman–Crippen MR) is 74.5 cm³/mol. The summed E-state index contributed by atoms with van der Waals surface area (Å²) in [5.41, 5.74) is 5.34. The van der Waals surface area contributed by atoms with Crippen LogP contribution in [0, 0.1) is 0 Å². The second-order valence-electron chi connectivity index (χ2n) is 4.99. The molecule has 0 aromatic heterocycles. The van der Waals surface area contributed by atoms with Gasteiger partial charge in [-0.1, -0.05) is 6.42 Å². The minimum absolute atomic E-state index is 0.0297. The Hall–Kier alpha value is -1.16. The van der Waals surface area contributed by atoms with Crippen LogP contribution < -0.4 is 11.1 Å². The first-order valence-corrected chi connectivity index (χ1v) is 8.51. The van der Waals surface area contributed by atoms with Crippen LogP contribution in [0.5, 0.6) is 0 Å². The van der Waals surface area contributed by atoms with Gasteiger partial charge in [0.15, 0.2) is 5.16 Å². The Morgan fingerprint density at radius 2 is 1.78 bits per heavy atom. The van der Waals surface area contributed by atoms with E-state index in [0.717, 1.165) is 0 Å². The summed E-state index contributed by atoms with van der Waals surface area (Å²) in [5.74, 6) is -3.94. The molecular weight excluding hydrogens is 344 g/mol. The van der Waals surface area contributed by atoms with E-state index in [2.05, 4.69) is 5.32 Å². The third-order valence-electron chi connectivity index (χ3n) is 3.36. The Labute approximate surface area is 130 Å². The summed E-state index contributed by atoms with van der Waals surface area (Å²) in [4.78, 5) is 30.0. The average Bonchev–Trinajstić information content (AvgIpc) is 2.40. The zero-order valence-corrected chi connectivity index (χ0v) is 13.1. The Morgan fingerprint density at radius 3 is 2.13 bits per heavy atom. The van der Waals surface area contributed by atoms with E-state index in [-0.39, 0.29) is 19.1 Å². The molecule has 23 heavy (non-hydrogen) atoms. The number of halogens is 3. The van der Waals surface area contributed by atoms with E-state index in [9.17, 15) is 32.5 Å². The number of carboxylic acids is 2. The molecule has 0 bridgehead atoms. The normalized spacial score (nSPS) is 27.7. The van der Waals surface area contributed by atoms with Crippen LogP contribution >= 0.6 is 7.37 Å². The van der Waals surface area contributed by atoms with Gasteiger partial charge in [-0.15, -0.1) is 0 Å². The van der Waals surface area contributed by atoms with E-state index in [4.69, 9.17) is 15.6 Å². The van der Waals surface area contributed by atoms with E-state index in [0.29, 0.717) is 25.9 Å². The van der Waals surface area contributed by atoms with Gasteiger partial charge in [0.2, 0.25) is 7.37 Å². The summed E-state index contributed by atoms with van der Waals surface area (Å²) < 4.78 is 43.8. The second-order valence-corrected chi connectivity index (χ2v) is 7.69. The first kappa shape index (κ1) is 21.8. The van der Waals surface area contributed by atoms with E-state index in [1.54, 1.807) is 0 Å². The number of carboxylic acid groups (broad SMARTS) is 2. The van der Waals surface area contributed by atoms with Gasteiger partial charge in [0.05, 0.1) is 0 Å². The number of hydrogen-bond acceptors (Lipinski definition) is 5. The first-order valence-electron chi connectivity index (χ1n) is 6.67. The smallest absolute Gasteiger partial charge is 0.480 e. The molecule has 6 N–H and O–H groups in total. The Bertz CT molecular complexity index is 473. The zero-order chi connectivity index (χ0) is 18.3. The highest BCUT2D eigenvalue weighted by Crippen LogP contribution is 2.57. The fraction of sp³-hybridized carbons (Fsp3) is 0.818. The largest absolute Gasteiger partial charge is 0.490 e. The molecule has 1 saturated heterocycles. The van der Waals surface area contributed by atoms with Crippen molar-refractivity contribution >= 4 is 19.3 Å². The van der Waals surface area contributed by atoms with Crippen molar-refractivity contribution < 1.29 is 42.4 Å². The van der Waals surface area contributed by atoms with Crippen LogP contribution in [0.3, 0.4) is 0 Å². The Kier molecular flexibility index (Phi) is 8.19. The molecule has 0 aromatic carbocycles. The van der Waals surface area contributed by atoms with Crippen molar-refractivity contribution in [2.45, 2.75) is 30.6 Å². The molecule has 12 heteroatoms. The van der Waals surface area contributed by atoms with E-state index < -0.39 is 30.6 Å². The topological polar surface area (TPSA) is 150 Å². The van der Waals surface area contributed by atoms with E-state index >= 15 is 0 Å². The van der Waals surface area contributed by atoms with Gasteiger partial charge >= 0.3 is 18.1 Å². The van der Waals surface area contributed by atoms with Crippen molar-refractivity contribution in [3.63, 3.8) is 0 Å². The van der Waals surface area contributed by atoms with Crippen LogP contribution in [-0.2, 0) is 14.2 Å². The van der Waals surface area contributed by atoms with Crippen molar-refractivity contribution in [2.24, 2.45) is 5.73 Å². The highest BCUT2D eigenvalue weighted by atomic mass is 31.2. The third-order valence-corrected chi connectivity index (χ3v) is 6.10. The van der Waals surface area contributed by atoms with Crippen LogP contribution in [-0.4, -0.2) is 64.2 Å². The van der Waals surface area contributed by atoms with Crippen molar-refractivity contribution in [1.82, 2.24) is 5.32 Å². The number of hydrogen-bond donors (Lipinski definition) is 5. The van der Waals surface area contributed by atoms with Crippen LogP contribution in [0.2, 0.25) is 0 Å². The van der Waals surface area contributed by atoms with Crippen LogP contribution in [0.15, 0.2) is 0 Å². The van der Waals surface area contributed by atoms with Gasteiger partial charge in [-0.05, 0) is 19.4 Å². The molecule has 1 aliphatic heterocycles. The lowest BCUT2D eigenvalue weighted by molar-refractivity contribution is -0.192. The molecule has 1 aliphatic rings. The molecule has 8 nitrogen and oxygen atoms in total. The first-order chi connectivity index (χ1) is 10.4. The maximum atomic E-state index is 12.0. The Balaban J connectivity index is 0.000000585. The summed E-state index contributed by atoms with van der Waals surface area (Å²) in [6.45, 7) is 0.944. The molecule has 1 heterocycles. The highest BCUT2D eigenvalue weighted by Gasteiger charge is 2.54. The quantitative estimate of drug-likeness (QED) is 0.348. The molecule has 0 saturated carbocycles. The predicted octanol–water partition coefficient (Wildman–Crippen LogP) is 0.446. The highest BCUT2D eigenvalue weighted by molar-refractivity contribution is 7.61. The number of unbranched alkanes of at least 4 members (excludes halogenated alkanes) is 1. The van der Waals surface area contributed by atoms with Gasteiger partial charge < -0.3 is 26.2 Å². The fourth-order valence-corrected chi connectivity index (χ4v) is 4.07. The van der Waals surface area contributed by atoms with E-state index in [1.165, 1.54) is 0 Å². The molecule has 136 valence electrons. The molecule has 2 unspecified atom stereocenters. The third kappa shape index (κ3) is 6.09. The molecule has 1 fully saturated rings. The van der Waals surface area contributed by atoms with Crippen LogP contribution in [0.4, 0.5) is 13.2 Å². The summed E-state index contributed by atoms with van der Waals surface area (Å²) in [5, 5.41) is 17.7. The molecule has 1 rings (SSSR count). The monoisotopic (exact) mass is 364 g/mol. The lowest BCUT2D eigenvalue weighted by Crippen LogP contribution is -2.52. The molecule has 0 amide bonds. The molecule has 0 aliphatic carbocycles. The number of carbonyl (C=O) groups is 2. The van der Waals surface area contributed by atoms with Gasteiger partial charge in [0.1, 0.15) is 0 Å². The number of aliphatic carboxylic acids is 2. The molecule has 0 radical (unpaired) electrons. The lowest BCUT2D eigenvalue weighted by atomic mass is 10.0. The Morgan fingerprint density at radius 1 is 1.26 bits per heavy atom. The fourth-order valence-electron chi connectivity index (χ4n) is 2.02. The molecule has 0 spiro atoms. The number of nitrogens with two attached hydrogens (primary N) is 1. The molecule has 0 aromatic rings. The summed E-state index contributed by atoms with van der Waals surface area (Å²) in [6.07, 6.45) is -3.60. The SMILES string of the molecule is NCCCCC1(C(=O)O)CNCCP1(=O)O.O=C(O)C(F)(F)F. The van der Waals surface area contributed by atoms with Crippen molar-refractivity contribution in [1.29, 1.82) is 0 Å². The van der Waals surface area contributed by atoms with Crippen molar-refractivity contribution in [3.05, 3.63) is 0 Å². The van der Waals surface area contributed by atoms with Gasteiger partial charge in [-0.3, -0.25) is 9.36 Å². The lowest BCUT2D eigenvalue weighted by Gasteiger charge is -2.37. The minimum atomic E-state index is -5.08. The van der Waals surface area contributed by atoms with Crippen molar-refractivity contribution in [3.8, 4) is 0 Å². The van der Waals surface area contributed by atoms with Gasteiger partial charge in [0, 0.05) is 19.3 Å². The minimum Gasteiger partial charge on any atom is -0.480 e. The van der Waals surface area contributed by atoms with Gasteiger partial charge in [-0.2, -0.15) is 13.2 Å². The van der Waals surface area contributed by atoms with Gasteiger partial charge in [-0.25, -0.2) is 4.79 Å². The zero-order valence-electron chi connectivity index (χ0n) is 12.2. The molecular formula is C11H20F3N2O6P. The van der Waals surface area contributed by atoms with Crippen molar-refractivity contribution in [2.75, 3.05) is 25.8 Å². The summed E-state index contributed by atoms with van der Waals surface area (Å²) in [7, 11) is -3.63. The van der Waals surface area contributed by atoms with E-state index in [1.807, 2.05) is 0 Å². The standard InChI is InChI=1S/C9H19N2O4P.C2HF3O2/c10-4-2-1-3-9(8(12)13)7-11-5-6-16(9,14)15;3-2(4,5)1(6)7/h11H,1-7,10H2,(H,12,13)(H,14,15);(H,6,7). The number of nitrogens with one attached hydrogen (secondary N) is 1. The second kappa shape index (κ2) is 8.62. The number of alkyl halides is 3. The van der Waals surface area contributed by atoms with Crippen LogP contribution in [0.1, 0.15) is 19.3 Å².